The predicted octanol–water partition coefficient (Wildman–Crippen LogP) is 6.43. The maximum Gasteiger partial charge on any atom is 0.375 e. The number of halogens is 1. The minimum absolute atomic E-state index is 0.472. The molecule has 0 bridgehead atoms. The summed E-state index contributed by atoms with van der Waals surface area (Å²) in [5, 5.41) is 8.23. The van der Waals surface area contributed by atoms with Gasteiger partial charge < -0.3 is 4.84 Å². The van der Waals surface area contributed by atoms with Crippen LogP contribution in [0.3, 0.4) is 0 Å². The molecule has 0 radical (unpaired) electrons. The molecule has 4 aromatic rings. The van der Waals surface area contributed by atoms with Crippen LogP contribution in [0.2, 0.25) is 5.02 Å². The zero-order chi connectivity index (χ0) is 20.1. The van der Waals surface area contributed by atoms with Crippen LogP contribution in [0.4, 0.5) is 0 Å². The number of hydrogen-bond acceptors (Lipinski definition) is 6. The summed E-state index contributed by atoms with van der Waals surface area (Å²) in [5.74, 6) is 0.263. The standard InChI is InChI=1S/C22H15ClN2O2S2/c23-18-9-7-15(8-10-18)14-29-21-17(12-16-4-1-2-5-19(16)25-21)13-24-27-22(26)20-6-3-11-28-20/h1-13H,14H2/b24-13+. The molecule has 4 rings (SSSR count). The number of benzene rings is 2. The Labute approximate surface area is 181 Å². The summed E-state index contributed by atoms with van der Waals surface area (Å²) in [6.07, 6.45) is 1.54. The van der Waals surface area contributed by atoms with E-state index >= 15 is 0 Å². The molecule has 2 aromatic carbocycles. The third-order valence-corrected chi connectivity index (χ3v) is 6.24. The summed E-state index contributed by atoms with van der Waals surface area (Å²) in [6, 6.07) is 21.1. The molecule has 0 aliphatic carbocycles. The summed E-state index contributed by atoms with van der Waals surface area (Å²) in [5.41, 5.74) is 2.84. The highest BCUT2D eigenvalue weighted by atomic mass is 35.5. The number of pyridine rings is 1. The first-order valence-corrected chi connectivity index (χ1v) is 11.0. The third-order valence-electron chi connectivity index (χ3n) is 4.06. The molecule has 0 spiro atoms. The number of carbonyl (C=O) groups is 1. The van der Waals surface area contributed by atoms with Crippen LogP contribution >= 0.6 is 34.7 Å². The van der Waals surface area contributed by atoms with Crippen molar-refractivity contribution in [2.24, 2.45) is 5.16 Å². The van der Waals surface area contributed by atoms with Crippen LogP contribution in [0.25, 0.3) is 10.9 Å². The number of rotatable bonds is 6. The minimum Gasteiger partial charge on any atom is -0.312 e. The lowest BCUT2D eigenvalue weighted by atomic mass is 10.2. The number of fused-ring (bicyclic) bond motifs is 1. The van der Waals surface area contributed by atoms with Gasteiger partial charge in [0.25, 0.3) is 0 Å². The Hall–Kier alpha value is -2.67. The topological polar surface area (TPSA) is 51.5 Å². The summed E-state index contributed by atoms with van der Waals surface area (Å²) in [6.45, 7) is 0. The lowest BCUT2D eigenvalue weighted by Gasteiger charge is -2.07. The van der Waals surface area contributed by atoms with E-state index in [9.17, 15) is 4.79 Å². The van der Waals surface area contributed by atoms with Crippen LogP contribution in [0.5, 0.6) is 0 Å². The normalized spacial score (nSPS) is 11.2. The Morgan fingerprint density at radius 1 is 1.14 bits per heavy atom. The summed E-state index contributed by atoms with van der Waals surface area (Å²) < 4.78 is 0. The first-order valence-electron chi connectivity index (χ1n) is 8.74. The SMILES string of the molecule is O=C(O/N=C/c1cc2ccccc2nc1SCc1ccc(Cl)cc1)c1cccs1. The maximum atomic E-state index is 12.0. The van der Waals surface area contributed by atoms with Crippen LogP contribution in [0.15, 0.2) is 82.3 Å². The molecule has 2 heterocycles. The van der Waals surface area contributed by atoms with Crippen molar-refractivity contribution in [1.29, 1.82) is 0 Å². The van der Waals surface area contributed by atoms with Gasteiger partial charge in [-0.05, 0) is 41.3 Å². The van der Waals surface area contributed by atoms with E-state index in [0.717, 1.165) is 32.8 Å². The van der Waals surface area contributed by atoms with E-state index in [1.807, 2.05) is 60.0 Å². The van der Waals surface area contributed by atoms with Gasteiger partial charge in [0.05, 0.1) is 11.7 Å². The summed E-state index contributed by atoms with van der Waals surface area (Å²) in [4.78, 5) is 22.3. The van der Waals surface area contributed by atoms with E-state index in [2.05, 4.69) is 5.16 Å². The van der Waals surface area contributed by atoms with Gasteiger partial charge in [-0.1, -0.05) is 53.2 Å². The zero-order valence-corrected chi connectivity index (χ0v) is 17.5. The molecule has 144 valence electrons. The number of aromatic nitrogens is 1. The number of hydrogen-bond donors (Lipinski definition) is 0. The molecule has 0 saturated heterocycles. The molecule has 4 nitrogen and oxygen atoms in total. The number of thioether (sulfide) groups is 1. The Morgan fingerprint density at radius 2 is 1.97 bits per heavy atom. The van der Waals surface area contributed by atoms with Gasteiger partial charge in [0, 0.05) is 21.7 Å². The maximum absolute atomic E-state index is 12.0. The van der Waals surface area contributed by atoms with Gasteiger partial charge >= 0.3 is 5.97 Å². The number of nitrogens with zero attached hydrogens (tertiary/aromatic N) is 2. The first kappa shape index (κ1) is 19.6. The average molecular weight is 439 g/mol. The zero-order valence-electron chi connectivity index (χ0n) is 15.1. The van der Waals surface area contributed by atoms with Crippen molar-refractivity contribution in [3.05, 3.63) is 93.1 Å². The molecular weight excluding hydrogens is 424 g/mol. The van der Waals surface area contributed by atoms with Crippen molar-refractivity contribution in [3.63, 3.8) is 0 Å². The van der Waals surface area contributed by atoms with E-state index in [1.54, 1.807) is 23.9 Å². The second-order valence-corrected chi connectivity index (χ2v) is 8.43. The lowest BCUT2D eigenvalue weighted by molar-refractivity contribution is 0.0525. The highest BCUT2D eigenvalue weighted by molar-refractivity contribution is 7.98. The quantitative estimate of drug-likeness (QED) is 0.150. The summed E-state index contributed by atoms with van der Waals surface area (Å²) in [7, 11) is 0. The molecule has 0 fully saturated rings. The molecule has 7 heteroatoms. The van der Waals surface area contributed by atoms with E-state index in [0.29, 0.717) is 9.90 Å². The van der Waals surface area contributed by atoms with Crippen molar-refractivity contribution in [2.75, 3.05) is 0 Å². The fourth-order valence-corrected chi connectivity index (χ4v) is 4.28. The fourth-order valence-electron chi connectivity index (χ4n) is 2.63. The molecule has 29 heavy (non-hydrogen) atoms. The van der Waals surface area contributed by atoms with Gasteiger partial charge in [0.2, 0.25) is 0 Å². The van der Waals surface area contributed by atoms with Crippen molar-refractivity contribution < 1.29 is 9.63 Å². The van der Waals surface area contributed by atoms with Crippen LogP contribution in [-0.2, 0) is 10.6 Å². The second-order valence-electron chi connectivity index (χ2n) is 6.08. The molecule has 0 aliphatic heterocycles. The molecule has 2 aromatic heterocycles. The third kappa shape index (κ3) is 5.03. The van der Waals surface area contributed by atoms with Gasteiger partial charge in [0.15, 0.2) is 0 Å². The largest absolute Gasteiger partial charge is 0.375 e. The summed E-state index contributed by atoms with van der Waals surface area (Å²) >= 11 is 8.87. The fraction of sp³-hybridized carbons (Fsp3) is 0.0455. The van der Waals surface area contributed by atoms with Crippen LogP contribution in [0, 0.1) is 0 Å². The number of oxime groups is 1. The minimum atomic E-state index is -0.472. The highest BCUT2D eigenvalue weighted by Gasteiger charge is 2.09. The highest BCUT2D eigenvalue weighted by Crippen LogP contribution is 2.27. The molecule has 0 aliphatic rings. The van der Waals surface area contributed by atoms with Crippen LogP contribution in [-0.4, -0.2) is 17.2 Å². The van der Waals surface area contributed by atoms with Gasteiger partial charge in [-0.2, -0.15) is 0 Å². The van der Waals surface area contributed by atoms with Gasteiger partial charge in [-0.3, -0.25) is 0 Å². The molecule has 0 N–H and O–H groups in total. The molecule has 0 amide bonds. The second kappa shape index (κ2) is 9.22. The lowest BCUT2D eigenvalue weighted by Crippen LogP contribution is -1.99. The first-order chi connectivity index (χ1) is 14.2. The van der Waals surface area contributed by atoms with Crippen molar-refractivity contribution >= 4 is 57.8 Å². The van der Waals surface area contributed by atoms with Crippen LogP contribution in [0.1, 0.15) is 20.8 Å². The Bertz CT molecular complexity index is 1160. The Kier molecular flexibility index (Phi) is 6.24. The molecule has 0 saturated carbocycles. The predicted molar refractivity (Wildman–Crippen MR) is 120 cm³/mol. The Morgan fingerprint density at radius 3 is 2.76 bits per heavy atom. The van der Waals surface area contributed by atoms with Crippen LogP contribution < -0.4 is 0 Å². The average Bonchev–Trinajstić information content (AvgIpc) is 3.28. The smallest absolute Gasteiger partial charge is 0.312 e. The molecular formula is C22H15ClN2O2S2. The number of thiophene rings is 1. The molecule has 0 unspecified atom stereocenters. The van der Waals surface area contributed by atoms with E-state index in [-0.39, 0.29) is 0 Å². The van der Waals surface area contributed by atoms with Crippen molar-refractivity contribution in [3.8, 4) is 0 Å². The number of para-hydroxylation sites is 1. The molecule has 0 atom stereocenters. The van der Waals surface area contributed by atoms with Crippen molar-refractivity contribution in [2.45, 2.75) is 10.8 Å². The van der Waals surface area contributed by atoms with Crippen molar-refractivity contribution in [1.82, 2.24) is 4.98 Å². The van der Waals surface area contributed by atoms with E-state index in [4.69, 9.17) is 21.4 Å². The van der Waals surface area contributed by atoms with E-state index < -0.39 is 5.97 Å². The monoisotopic (exact) mass is 438 g/mol. The Balaban J connectivity index is 1.56. The van der Waals surface area contributed by atoms with Gasteiger partial charge in [-0.15, -0.1) is 23.1 Å². The van der Waals surface area contributed by atoms with Gasteiger partial charge in [-0.25, -0.2) is 9.78 Å². The van der Waals surface area contributed by atoms with E-state index in [1.165, 1.54) is 17.6 Å². The van der Waals surface area contributed by atoms with Gasteiger partial charge in [0.1, 0.15) is 9.90 Å². The number of carbonyl (C=O) groups excluding carboxylic acids is 1.